The molecule has 1 aliphatic heterocycles. The number of hydrogen-bond acceptors (Lipinski definition) is 2. The van der Waals surface area contributed by atoms with Crippen molar-refractivity contribution in [3.05, 3.63) is 35.4 Å². The Labute approximate surface area is 102 Å². The number of likely N-dealkylation sites (tertiary alicyclic amines) is 1. The predicted molar refractivity (Wildman–Crippen MR) is 59.2 cm³/mol. The summed E-state index contributed by atoms with van der Waals surface area (Å²) in [6.07, 6.45) is 0.556. The number of carbonyl (C=O) groups excluding carboxylic acids is 2. The van der Waals surface area contributed by atoms with Crippen LogP contribution in [-0.4, -0.2) is 23.3 Å². The summed E-state index contributed by atoms with van der Waals surface area (Å²) < 4.78 is 26.8. The third kappa shape index (κ3) is 2.32. The van der Waals surface area contributed by atoms with Crippen LogP contribution in [0.1, 0.15) is 24.4 Å². The normalized spacial score (nSPS) is 19.3. The molecule has 0 saturated carbocycles. The molecule has 1 unspecified atom stereocenters. The Bertz CT molecular complexity index is 505. The molecule has 2 amide bonds. The van der Waals surface area contributed by atoms with E-state index < -0.39 is 23.6 Å². The van der Waals surface area contributed by atoms with E-state index in [2.05, 4.69) is 0 Å². The van der Waals surface area contributed by atoms with Crippen molar-refractivity contribution >= 4 is 11.8 Å². The van der Waals surface area contributed by atoms with Gasteiger partial charge in [-0.1, -0.05) is 0 Å². The molecule has 1 aromatic carbocycles. The molecule has 0 radical (unpaired) electrons. The molecule has 96 valence electrons. The first-order chi connectivity index (χ1) is 8.49. The van der Waals surface area contributed by atoms with Gasteiger partial charge in [0, 0.05) is 12.0 Å². The number of nitrogens with two attached hydrogens (primary N) is 1. The van der Waals surface area contributed by atoms with Crippen LogP contribution in [0.5, 0.6) is 0 Å². The average molecular weight is 254 g/mol. The van der Waals surface area contributed by atoms with Gasteiger partial charge in [0.2, 0.25) is 11.8 Å². The maximum Gasteiger partial charge on any atom is 0.237 e. The van der Waals surface area contributed by atoms with Crippen molar-refractivity contribution in [3.8, 4) is 0 Å². The highest BCUT2D eigenvalue weighted by Crippen LogP contribution is 2.34. The van der Waals surface area contributed by atoms with Crippen molar-refractivity contribution < 1.29 is 18.4 Å². The smallest absolute Gasteiger partial charge is 0.237 e. The molecule has 2 rings (SSSR count). The van der Waals surface area contributed by atoms with Crippen LogP contribution < -0.4 is 5.73 Å². The van der Waals surface area contributed by atoms with Crippen molar-refractivity contribution in [1.29, 1.82) is 0 Å². The molecule has 0 aliphatic carbocycles. The number of nitrogens with zero attached hydrogens (tertiary/aromatic N) is 1. The third-order valence-electron chi connectivity index (χ3n) is 2.97. The zero-order chi connectivity index (χ0) is 13.3. The van der Waals surface area contributed by atoms with Gasteiger partial charge >= 0.3 is 0 Å². The molecule has 0 bridgehead atoms. The number of benzene rings is 1. The number of carbonyl (C=O) groups is 2. The molecule has 1 aliphatic rings. The number of hydrogen-bond donors (Lipinski definition) is 1. The van der Waals surface area contributed by atoms with E-state index in [1.165, 1.54) is 4.90 Å². The molecule has 0 aromatic heterocycles. The number of halogens is 2. The second-order valence-electron chi connectivity index (χ2n) is 4.21. The summed E-state index contributed by atoms with van der Waals surface area (Å²) in [5.74, 6) is -2.12. The number of rotatable bonds is 3. The number of amides is 2. The van der Waals surface area contributed by atoms with Crippen molar-refractivity contribution in [2.45, 2.75) is 18.9 Å². The van der Waals surface area contributed by atoms with Gasteiger partial charge in [0.05, 0.1) is 12.6 Å². The van der Waals surface area contributed by atoms with Crippen molar-refractivity contribution in [2.24, 2.45) is 5.73 Å². The minimum Gasteiger partial charge on any atom is -0.368 e. The van der Waals surface area contributed by atoms with E-state index in [0.717, 1.165) is 18.2 Å². The lowest BCUT2D eigenvalue weighted by Crippen LogP contribution is -2.36. The van der Waals surface area contributed by atoms with Crippen LogP contribution in [0, 0.1) is 11.6 Å². The van der Waals surface area contributed by atoms with Gasteiger partial charge in [-0.2, -0.15) is 0 Å². The highest BCUT2D eigenvalue weighted by molar-refractivity contribution is 5.85. The van der Waals surface area contributed by atoms with Crippen LogP contribution in [0.15, 0.2) is 18.2 Å². The molecular weight excluding hydrogens is 242 g/mol. The topological polar surface area (TPSA) is 63.4 Å². The SMILES string of the molecule is NC(=O)CN1C(=O)CCC1c1cc(F)ccc1F. The minimum atomic E-state index is -0.674. The van der Waals surface area contributed by atoms with Gasteiger partial charge in [-0.15, -0.1) is 0 Å². The molecular formula is C12H12F2N2O2. The summed E-state index contributed by atoms with van der Waals surface area (Å²) in [6.45, 7) is -0.278. The molecule has 2 N–H and O–H groups in total. The Morgan fingerprint density at radius 3 is 2.83 bits per heavy atom. The van der Waals surface area contributed by atoms with Gasteiger partial charge in [-0.25, -0.2) is 8.78 Å². The van der Waals surface area contributed by atoms with E-state index in [9.17, 15) is 18.4 Å². The maximum atomic E-state index is 13.6. The summed E-state index contributed by atoms with van der Waals surface area (Å²) in [6, 6.07) is 2.44. The second-order valence-corrected chi connectivity index (χ2v) is 4.21. The Kier molecular flexibility index (Phi) is 3.27. The molecule has 0 spiro atoms. The zero-order valence-electron chi connectivity index (χ0n) is 9.53. The zero-order valence-corrected chi connectivity index (χ0v) is 9.53. The minimum absolute atomic E-state index is 0.0853. The van der Waals surface area contributed by atoms with Crippen LogP contribution in [0.2, 0.25) is 0 Å². The van der Waals surface area contributed by atoms with Crippen molar-refractivity contribution in [2.75, 3.05) is 6.54 Å². The summed E-state index contributed by atoms with van der Waals surface area (Å²) in [4.78, 5) is 23.7. The molecule has 1 aromatic rings. The molecule has 1 heterocycles. The monoisotopic (exact) mass is 254 g/mol. The van der Waals surface area contributed by atoms with E-state index in [1.54, 1.807) is 0 Å². The van der Waals surface area contributed by atoms with E-state index in [1.807, 2.05) is 0 Å². The fraction of sp³-hybridized carbons (Fsp3) is 0.333. The average Bonchev–Trinajstić information content (AvgIpc) is 2.64. The summed E-state index contributed by atoms with van der Waals surface area (Å²) >= 11 is 0. The predicted octanol–water partition coefficient (Wildman–Crippen LogP) is 1.11. The Morgan fingerprint density at radius 1 is 1.44 bits per heavy atom. The van der Waals surface area contributed by atoms with Crippen LogP contribution in [0.3, 0.4) is 0 Å². The largest absolute Gasteiger partial charge is 0.368 e. The first kappa shape index (κ1) is 12.5. The standard InChI is InChI=1S/C12H12F2N2O2/c13-7-1-2-9(14)8(5-7)10-3-4-12(18)16(10)6-11(15)17/h1-2,5,10H,3-4,6H2,(H2,15,17). The third-order valence-corrected chi connectivity index (χ3v) is 2.97. The quantitative estimate of drug-likeness (QED) is 0.878. The van der Waals surface area contributed by atoms with Gasteiger partial charge < -0.3 is 10.6 Å². The molecule has 4 nitrogen and oxygen atoms in total. The first-order valence-electron chi connectivity index (χ1n) is 5.51. The van der Waals surface area contributed by atoms with E-state index in [-0.39, 0.29) is 24.4 Å². The van der Waals surface area contributed by atoms with Crippen LogP contribution in [-0.2, 0) is 9.59 Å². The molecule has 6 heteroatoms. The lowest BCUT2D eigenvalue weighted by Gasteiger charge is -2.24. The van der Waals surface area contributed by atoms with E-state index >= 15 is 0 Å². The van der Waals surface area contributed by atoms with Crippen molar-refractivity contribution in [3.63, 3.8) is 0 Å². The van der Waals surface area contributed by atoms with E-state index in [4.69, 9.17) is 5.73 Å². The van der Waals surface area contributed by atoms with Gasteiger partial charge in [0.1, 0.15) is 11.6 Å². The fourth-order valence-electron chi connectivity index (χ4n) is 2.19. The first-order valence-corrected chi connectivity index (χ1v) is 5.51. The second kappa shape index (κ2) is 4.72. The molecule has 18 heavy (non-hydrogen) atoms. The Balaban J connectivity index is 2.33. The lowest BCUT2D eigenvalue weighted by molar-refractivity contribution is -0.133. The Hall–Kier alpha value is -1.98. The van der Waals surface area contributed by atoms with Crippen LogP contribution in [0.25, 0.3) is 0 Å². The number of primary amides is 1. The molecule has 1 atom stereocenters. The van der Waals surface area contributed by atoms with Crippen molar-refractivity contribution in [1.82, 2.24) is 4.90 Å². The summed E-state index contributed by atoms with van der Waals surface area (Å²) in [5.41, 5.74) is 5.13. The van der Waals surface area contributed by atoms with Gasteiger partial charge in [-0.3, -0.25) is 9.59 Å². The highest BCUT2D eigenvalue weighted by atomic mass is 19.1. The van der Waals surface area contributed by atoms with Gasteiger partial charge in [0.25, 0.3) is 0 Å². The summed E-state index contributed by atoms with van der Waals surface area (Å²) in [7, 11) is 0. The lowest BCUT2D eigenvalue weighted by atomic mass is 10.0. The van der Waals surface area contributed by atoms with Crippen LogP contribution >= 0.6 is 0 Å². The molecule has 1 fully saturated rings. The molecule has 1 saturated heterocycles. The van der Waals surface area contributed by atoms with E-state index in [0.29, 0.717) is 6.42 Å². The fourth-order valence-corrected chi connectivity index (χ4v) is 2.19. The van der Waals surface area contributed by atoms with Gasteiger partial charge in [0.15, 0.2) is 0 Å². The highest BCUT2D eigenvalue weighted by Gasteiger charge is 2.34. The summed E-state index contributed by atoms with van der Waals surface area (Å²) in [5, 5.41) is 0. The van der Waals surface area contributed by atoms with Crippen LogP contribution in [0.4, 0.5) is 8.78 Å². The van der Waals surface area contributed by atoms with Gasteiger partial charge in [-0.05, 0) is 24.6 Å². The Morgan fingerprint density at radius 2 is 2.17 bits per heavy atom. The maximum absolute atomic E-state index is 13.6.